The summed E-state index contributed by atoms with van der Waals surface area (Å²) in [5, 5.41) is 0.686. The highest BCUT2D eigenvalue weighted by Crippen LogP contribution is 2.40. The van der Waals surface area contributed by atoms with Gasteiger partial charge in [0.15, 0.2) is 0 Å². The first-order chi connectivity index (χ1) is 11.2. The molecule has 5 nitrogen and oxygen atoms in total. The predicted molar refractivity (Wildman–Crippen MR) is 93.8 cm³/mol. The molecular weight excluding hydrogens is 336 g/mol. The first-order valence-corrected chi connectivity index (χ1v) is 8.78. The number of H-pyrrole nitrogens is 1. The summed E-state index contributed by atoms with van der Waals surface area (Å²) >= 11 is 7.90. The van der Waals surface area contributed by atoms with Crippen LogP contribution >= 0.6 is 23.4 Å². The fourth-order valence-electron chi connectivity index (χ4n) is 2.55. The Labute approximate surface area is 143 Å². The van der Waals surface area contributed by atoms with Crippen molar-refractivity contribution < 1.29 is 14.3 Å². The molecule has 0 amide bonds. The van der Waals surface area contributed by atoms with E-state index in [-0.39, 0.29) is 0 Å². The molecule has 1 saturated heterocycles. The standard InChI is InChI=1S/C16H17ClN2O3S/c1-21-16(20)22-15-14(19-6-8-23-9-7-19)13(10-18-15)11-2-4-12(17)5-3-11/h2-5,10,18H,6-9H2,1H3. The highest BCUT2D eigenvalue weighted by Gasteiger charge is 2.24. The number of hydrogen-bond acceptors (Lipinski definition) is 5. The van der Waals surface area contributed by atoms with Gasteiger partial charge in [0.25, 0.3) is 0 Å². The molecule has 0 saturated carbocycles. The van der Waals surface area contributed by atoms with Gasteiger partial charge in [0.05, 0.1) is 7.11 Å². The monoisotopic (exact) mass is 352 g/mol. The summed E-state index contributed by atoms with van der Waals surface area (Å²) in [6.45, 7) is 1.81. The van der Waals surface area contributed by atoms with E-state index < -0.39 is 6.16 Å². The number of nitrogens with zero attached hydrogens (tertiary/aromatic N) is 1. The molecule has 0 aliphatic carbocycles. The molecule has 2 aromatic rings. The van der Waals surface area contributed by atoms with E-state index in [1.807, 2.05) is 42.2 Å². The lowest BCUT2D eigenvalue weighted by Crippen LogP contribution is -2.33. The van der Waals surface area contributed by atoms with Crippen molar-refractivity contribution in [3.63, 3.8) is 0 Å². The van der Waals surface area contributed by atoms with E-state index in [0.717, 1.165) is 41.4 Å². The topological polar surface area (TPSA) is 54.6 Å². The van der Waals surface area contributed by atoms with Crippen LogP contribution in [0.1, 0.15) is 0 Å². The number of hydrogen-bond donors (Lipinski definition) is 1. The Morgan fingerprint density at radius 3 is 2.61 bits per heavy atom. The van der Waals surface area contributed by atoms with Crippen LogP contribution in [0, 0.1) is 0 Å². The van der Waals surface area contributed by atoms with Gasteiger partial charge in [-0.3, -0.25) is 0 Å². The van der Waals surface area contributed by atoms with Crippen molar-refractivity contribution in [3.05, 3.63) is 35.5 Å². The Bertz CT molecular complexity index is 681. The molecule has 0 atom stereocenters. The SMILES string of the molecule is COC(=O)Oc1[nH]cc(-c2ccc(Cl)cc2)c1N1CCSCC1. The van der Waals surface area contributed by atoms with Gasteiger partial charge in [-0.05, 0) is 17.7 Å². The van der Waals surface area contributed by atoms with Gasteiger partial charge in [-0.25, -0.2) is 4.79 Å². The Kier molecular flexibility index (Phi) is 5.03. The quantitative estimate of drug-likeness (QED) is 0.845. The number of anilines is 1. The van der Waals surface area contributed by atoms with Crippen molar-refractivity contribution in [1.82, 2.24) is 4.98 Å². The lowest BCUT2D eigenvalue weighted by atomic mass is 10.1. The average molecular weight is 353 g/mol. The number of aromatic amines is 1. The molecule has 23 heavy (non-hydrogen) atoms. The van der Waals surface area contributed by atoms with Crippen molar-refractivity contribution in [2.75, 3.05) is 36.6 Å². The molecule has 1 aliphatic heterocycles. The van der Waals surface area contributed by atoms with Crippen molar-refractivity contribution in [2.24, 2.45) is 0 Å². The molecule has 122 valence electrons. The number of benzene rings is 1. The van der Waals surface area contributed by atoms with Crippen molar-refractivity contribution in [1.29, 1.82) is 0 Å². The maximum absolute atomic E-state index is 11.5. The van der Waals surface area contributed by atoms with Crippen LogP contribution in [0.4, 0.5) is 10.5 Å². The number of carbonyl (C=O) groups is 1. The van der Waals surface area contributed by atoms with Gasteiger partial charge in [-0.2, -0.15) is 11.8 Å². The normalized spacial score (nSPS) is 14.6. The van der Waals surface area contributed by atoms with Gasteiger partial charge in [0.2, 0.25) is 5.88 Å². The summed E-state index contributed by atoms with van der Waals surface area (Å²) in [4.78, 5) is 16.8. The van der Waals surface area contributed by atoms with Crippen molar-refractivity contribution >= 4 is 35.2 Å². The van der Waals surface area contributed by atoms with Gasteiger partial charge >= 0.3 is 6.16 Å². The molecule has 3 rings (SSSR count). The minimum atomic E-state index is -0.734. The van der Waals surface area contributed by atoms with E-state index in [9.17, 15) is 4.79 Å². The lowest BCUT2D eigenvalue weighted by molar-refractivity contribution is 0.120. The van der Waals surface area contributed by atoms with Gasteiger partial charge in [-0.1, -0.05) is 23.7 Å². The first-order valence-electron chi connectivity index (χ1n) is 7.25. The lowest BCUT2D eigenvalue weighted by Gasteiger charge is -2.29. The smallest absolute Gasteiger partial charge is 0.437 e. The second-order valence-electron chi connectivity index (χ2n) is 5.04. The molecule has 7 heteroatoms. The second-order valence-corrected chi connectivity index (χ2v) is 6.70. The average Bonchev–Trinajstić information content (AvgIpc) is 2.99. The highest BCUT2D eigenvalue weighted by atomic mass is 35.5. The van der Waals surface area contributed by atoms with Crippen LogP contribution in [0.5, 0.6) is 5.88 Å². The molecule has 0 spiro atoms. The summed E-state index contributed by atoms with van der Waals surface area (Å²) in [5.41, 5.74) is 2.88. The molecule has 0 unspecified atom stereocenters. The molecule has 1 fully saturated rings. The Hall–Kier alpha value is -1.79. The molecule has 2 heterocycles. The maximum Gasteiger partial charge on any atom is 0.514 e. The molecular formula is C16H17ClN2O3S. The Morgan fingerprint density at radius 1 is 1.26 bits per heavy atom. The fourth-order valence-corrected chi connectivity index (χ4v) is 3.58. The number of ether oxygens (including phenoxy) is 2. The molecule has 0 bridgehead atoms. The van der Waals surface area contributed by atoms with Gasteiger partial charge in [0.1, 0.15) is 5.69 Å². The van der Waals surface area contributed by atoms with Crippen molar-refractivity contribution in [3.8, 4) is 17.0 Å². The van der Waals surface area contributed by atoms with Crippen LogP contribution < -0.4 is 9.64 Å². The van der Waals surface area contributed by atoms with Gasteiger partial charge in [-0.15, -0.1) is 0 Å². The van der Waals surface area contributed by atoms with E-state index in [2.05, 4.69) is 14.6 Å². The van der Waals surface area contributed by atoms with E-state index >= 15 is 0 Å². The molecule has 1 N–H and O–H groups in total. The van der Waals surface area contributed by atoms with Crippen LogP contribution in [-0.2, 0) is 4.74 Å². The van der Waals surface area contributed by atoms with Gasteiger partial charge in [0, 0.05) is 41.4 Å². The molecule has 0 radical (unpaired) electrons. The largest absolute Gasteiger partial charge is 0.514 e. The summed E-state index contributed by atoms with van der Waals surface area (Å²) in [6.07, 6.45) is 1.11. The van der Waals surface area contributed by atoms with E-state index in [1.165, 1.54) is 7.11 Å². The van der Waals surface area contributed by atoms with Gasteiger partial charge < -0.3 is 19.4 Å². The van der Waals surface area contributed by atoms with E-state index in [1.54, 1.807) is 0 Å². The van der Waals surface area contributed by atoms with Crippen LogP contribution in [0.3, 0.4) is 0 Å². The van der Waals surface area contributed by atoms with E-state index in [0.29, 0.717) is 10.9 Å². The molecule has 1 aliphatic rings. The first kappa shape index (κ1) is 16.1. The van der Waals surface area contributed by atoms with Crippen LogP contribution in [0.15, 0.2) is 30.5 Å². The Morgan fingerprint density at radius 2 is 1.96 bits per heavy atom. The summed E-state index contributed by atoms with van der Waals surface area (Å²) in [5.74, 6) is 2.50. The minimum absolute atomic E-state index is 0.411. The number of halogens is 1. The summed E-state index contributed by atoms with van der Waals surface area (Å²) in [7, 11) is 1.29. The third kappa shape index (κ3) is 3.59. The number of aromatic nitrogens is 1. The number of thioether (sulfide) groups is 1. The number of rotatable bonds is 3. The number of carbonyl (C=O) groups excluding carboxylic acids is 1. The minimum Gasteiger partial charge on any atom is -0.437 e. The van der Waals surface area contributed by atoms with Crippen LogP contribution in [0.25, 0.3) is 11.1 Å². The molecule has 1 aromatic carbocycles. The zero-order valence-electron chi connectivity index (χ0n) is 12.7. The van der Waals surface area contributed by atoms with Crippen molar-refractivity contribution in [2.45, 2.75) is 0 Å². The van der Waals surface area contributed by atoms with Crippen LogP contribution in [-0.4, -0.2) is 42.8 Å². The van der Waals surface area contributed by atoms with Crippen LogP contribution in [0.2, 0.25) is 5.02 Å². The Balaban J connectivity index is 2.00. The summed E-state index contributed by atoms with van der Waals surface area (Å²) < 4.78 is 9.89. The molecule has 1 aromatic heterocycles. The maximum atomic E-state index is 11.5. The van der Waals surface area contributed by atoms with E-state index in [4.69, 9.17) is 16.3 Å². The third-order valence-electron chi connectivity index (χ3n) is 3.65. The fraction of sp³-hybridized carbons (Fsp3) is 0.312. The zero-order chi connectivity index (χ0) is 16.2. The summed E-state index contributed by atoms with van der Waals surface area (Å²) in [6, 6.07) is 7.60. The third-order valence-corrected chi connectivity index (χ3v) is 4.85. The zero-order valence-corrected chi connectivity index (χ0v) is 14.2. The highest BCUT2D eigenvalue weighted by molar-refractivity contribution is 7.99. The number of methoxy groups -OCH3 is 1. The predicted octanol–water partition coefficient (Wildman–Crippen LogP) is 4.03. The number of nitrogens with one attached hydrogen (secondary N) is 1. The second kappa shape index (κ2) is 7.19.